The largest absolute Gasteiger partial charge is 0.370 e. The minimum Gasteiger partial charge on any atom is -0.370 e. The van der Waals surface area contributed by atoms with Gasteiger partial charge in [-0.2, -0.15) is 5.10 Å². The number of nitrogens with one attached hydrogen (secondary N) is 1. The van der Waals surface area contributed by atoms with E-state index in [2.05, 4.69) is 76.4 Å². The highest BCUT2D eigenvalue weighted by Gasteiger charge is 2.31. The summed E-state index contributed by atoms with van der Waals surface area (Å²) in [5.74, 6) is 1.22. The van der Waals surface area contributed by atoms with E-state index >= 15 is 0 Å². The van der Waals surface area contributed by atoms with Crippen molar-refractivity contribution >= 4 is 5.82 Å². The second-order valence-electron chi connectivity index (χ2n) is 8.81. The van der Waals surface area contributed by atoms with E-state index in [1.54, 1.807) is 0 Å². The molecule has 2 aromatic carbocycles. The Hall–Kier alpha value is -2.59. The summed E-state index contributed by atoms with van der Waals surface area (Å²) in [4.78, 5) is 2.66. The van der Waals surface area contributed by atoms with Crippen LogP contribution >= 0.6 is 0 Å². The molecule has 1 N–H and O–H groups in total. The van der Waals surface area contributed by atoms with Crippen molar-refractivity contribution in [1.29, 1.82) is 0 Å². The van der Waals surface area contributed by atoms with E-state index in [0.717, 1.165) is 31.7 Å². The molecule has 1 saturated heterocycles. The molecule has 0 radical (unpaired) electrons. The average molecular weight is 401 g/mol. The third kappa shape index (κ3) is 3.89. The number of piperidine rings is 1. The molecule has 1 unspecified atom stereocenters. The van der Waals surface area contributed by atoms with Crippen LogP contribution in [0.2, 0.25) is 0 Å². The molecule has 1 fully saturated rings. The zero-order valence-electron chi connectivity index (χ0n) is 18.0. The first-order valence-electron chi connectivity index (χ1n) is 11.5. The lowest BCUT2D eigenvalue weighted by Gasteiger charge is -2.35. The van der Waals surface area contributed by atoms with Crippen LogP contribution in [0.3, 0.4) is 0 Å². The van der Waals surface area contributed by atoms with Crippen molar-refractivity contribution < 1.29 is 0 Å². The fraction of sp³-hybridized carbons (Fsp3) is 0.423. The molecule has 2 aliphatic heterocycles. The molecule has 30 heavy (non-hydrogen) atoms. The van der Waals surface area contributed by atoms with Crippen molar-refractivity contribution in [1.82, 2.24) is 14.7 Å². The van der Waals surface area contributed by atoms with Crippen LogP contribution < -0.4 is 5.32 Å². The minimum absolute atomic E-state index is 0.402. The molecule has 0 saturated carbocycles. The first-order chi connectivity index (χ1) is 14.8. The van der Waals surface area contributed by atoms with Gasteiger partial charge < -0.3 is 5.32 Å². The highest BCUT2D eigenvalue weighted by atomic mass is 15.4. The minimum atomic E-state index is 0.402. The summed E-state index contributed by atoms with van der Waals surface area (Å²) in [6, 6.07) is 20.0. The maximum atomic E-state index is 5.27. The van der Waals surface area contributed by atoms with Crippen molar-refractivity contribution in [3.05, 3.63) is 77.0 Å². The van der Waals surface area contributed by atoms with E-state index in [4.69, 9.17) is 5.10 Å². The van der Waals surface area contributed by atoms with Gasteiger partial charge in [-0.1, -0.05) is 48.9 Å². The Bertz CT molecular complexity index is 992. The fourth-order valence-electron chi connectivity index (χ4n) is 5.05. The maximum absolute atomic E-state index is 5.27. The third-order valence-electron chi connectivity index (χ3n) is 6.56. The molecular weight excluding hydrogens is 368 g/mol. The molecule has 2 aliphatic rings. The Balaban J connectivity index is 1.55. The van der Waals surface area contributed by atoms with Crippen LogP contribution in [0, 0.1) is 6.92 Å². The summed E-state index contributed by atoms with van der Waals surface area (Å²) in [5.41, 5.74) is 6.58. The van der Waals surface area contributed by atoms with Gasteiger partial charge in [-0.05, 0) is 68.8 Å². The number of anilines is 1. The molecule has 4 heteroatoms. The van der Waals surface area contributed by atoms with Crippen LogP contribution in [-0.4, -0.2) is 27.8 Å². The molecule has 156 valence electrons. The number of aryl methyl sites for hydroxylation is 1. The Morgan fingerprint density at radius 3 is 2.77 bits per heavy atom. The zero-order valence-corrected chi connectivity index (χ0v) is 18.0. The van der Waals surface area contributed by atoms with Crippen LogP contribution in [0.5, 0.6) is 0 Å². The van der Waals surface area contributed by atoms with Gasteiger partial charge in [0.1, 0.15) is 5.82 Å². The number of hydrogen-bond donors (Lipinski definition) is 1. The van der Waals surface area contributed by atoms with Gasteiger partial charge in [0, 0.05) is 18.7 Å². The van der Waals surface area contributed by atoms with E-state index in [9.17, 15) is 0 Å². The van der Waals surface area contributed by atoms with E-state index in [1.807, 2.05) is 0 Å². The van der Waals surface area contributed by atoms with Crippen molar-refractivity contribution in [2.75, 3.05) is 18.4 Å². The molecule has 4 nitrogen and oxygen atoms in total. The molecule has 3 aromatic rings. The van der Waals surface area contributed by atoms with Crippen molar-refractivity contribution in [2.45, 2.75) is 58.0 Å². The van der Waals surface area contributed by atoms with Gasteiger partial charge in [0.05, 0.1) is 17.4 Å². The van der Waals surface area contributed by atoms with Crippen LogP contribution in [0.1, 0.15) is 60.5 Å². The smallest absolute Gasteiger partial charge is 0.133 e. The van der Waals surface area contributed by atoms with Crippen LogP contribution in [0.25, 0.3) is 5.69 Å². The highest BCUT2D eigenvalue weighted by Crippen LogP contribution is 2.38. The fourth-order valence-corrected chi connectivity index (χ4v) is 5.05. The highest BCUT2D eigenvalue weighted by molar-refractivity contribution is 5.55. The monoisotopic (exact) mass is 400 g/mol. The summed E-state index contributed by atoms with van der Waals surface area (Å²) in [7, 11) is 0. The SMILES string of the molecule is Cc1cccc(-n2nc(C3CCCCN3Cc3ccccc3)c3c2NCCCC3)c1. The number of benzene rings is 2. The second-order valence-corrected chi connectivity index (χ2v) is 8.81. The van der Waals surface area contributed by atoms with Gasteiger partial charge in [0.15, 0.2) is 0 Å². The Kier molecular flexibility index (Phi) is 5.58. The lowest BCUT2D eigenvalue weighted by molar-refractivity contribution is 0.136. The van der Waals surface area contributed by atoms with E-state index in [-0.39, 0.29) is 0 Å². The van der Waals surface area contributed by atoms with Crippen LogP contribution in [0.4, 0.5) is 5.82 Å². The van der Waals surface area contributed by atoms with Crippen molar-refractivity contribution in [3.63, 3.8) is 0 Å². The normalized spacial score (nSPS) is 19.7. The molecule has 0 spiro atoms. The molecule has 0 amide bonds. The average Bonchev–Trinajstić information content (AvgIpc) is 2.96. The number of fused-ring (bicyclic) bond motifs is 1. The third-order valence-corrected chi connectivity index (χ3v) is 6.56. The van der Waals surface area contributed by atoms with E-state index in [1.165, 1.54) is 60.3 Å². The summed E-state index contributed by atoms with van der Waals surface area (Å²) in [6.07, 6.45) is 7.35. The Morgan fingerprint density at radius 1 is 1.00 bits per heavy atom. The van der Waals surface area contributed by atoms with E-state index in [0.29, 0.717) is 6.04 Å². The molecule has 5 rings (SSSR count). The predicted octanol–water partition coefficient (Wildman–Crippen LogP) is 5.66. The van der Waals surface area contributed by atoms with Gasteiger partial charge in [-0.15, -0.1) is 0 Å². The van der Waals surface area contributed by atoms with Crippen LogP contribution in [0.15, 0.2) is 54.6 Å². The molecule has 0 bridgehead atoms. The first-order valence-corrected chi connectivity index (χ1v) is 11.5. The number of likely N-dealkylation sites (tertiary alicyclic amines) is 1. The van der Waals surface area contributed by atoms with Gasteiger partial charge in [-0.25, -0.2) is 4.68 Å². The van der Waals surface area contributed by atoms with E-state index < -0.39 is 0 Å². The summed E-state index contributed by atoms with van der Waals surface area (Å²) in [6.45, 7) is 5.34. The molecule has 1 aromatic heterocycles. The Morgan fingerprint density at radius 2 is 1.90 bits per heavy atom. The second kappa shape index (κ2) is 8.65. The topological polar surface area (TPSA) is 33.1 Å². The molecule has 0 aliphatic carbocycles. The standard InChI is InChI=1S/C26H32N4/c1-20-10-9-13-22(18-20)30-26-23(14-5-7-16-27-26)25(28-30)24-15-6-8-17-29(24)19-21-11-3-2-4-12-21/h2-4,9-13,18,24,27H,5-8,14-17,19H2,1H3. The van der Waals surface area contributed by atoms with Crippen LogP contribution in [-0.2, 0) is 13.0 Å². The van der Waals surface area contributed by atoms with Crippen molar-refractivity contribution in [2.24, 2.45) is 0 Å². The molecular formula is C26H32N4. The number of rotatable bonds is 4. The van der Waals surface area contributed by atoms with Gasteiger partial charge in [0.2, 0.25) is 0 Å². The lowest BCUT2D eigenvalue weighted by Crippen LogP contribution is -2.33. The molecule has 3 heterocycles. The van der Waals surface area contributed by atoms with Gasteiger partial charge in [0.25, 0.3) is 0 Å². The summed E-state index contributed by atoms with van der Waals surface area (Å²) < 4.78 is 2.18. The zero-order chi connectivity index (χ0) is 20.3. The summed E-state index contributed by atoms with van der Waals surface area (Å²) in [5, 5.41) is 8.99. The first kappa shape index (κ1) is 19.4. The van der Waals surface area contributed by atoms with Gasteiger partial charge >= 0.3 is 0 Å². The van der Waals surface area contributed by atoms with Crippen molar-refractivity contribution in [3.8, 4) is 5.69 Å². The number of nitrogens with zero attached hydrogens (tertiary/aromatic N) is 3. The quantitative estimate of drug-likeness (QED) is 0.614. The van der Waals surface area contributed by atoms with Gasteiger partial charge in [-0.3, -0.25) is 4.90 Å². The number of hydrogen-bond acceptors (Lipinski definition) is 3. The Labute approximate surface area is 179 Å². The summed E-state index contributed by atoms with van der Waals surface area (Å²) >= 11 is 0. The predicted molar refractivity (Wildman–Crippen MR) is 123 cm³/mol. The maximum Gasteiger partial charge on any atom is 0.133 e. The molecule has 1 atom stereocenters. The lowest BCUT2D eigenvalue weighted by atomic mass is 9.94. The number of aromatic nitrogens is 2.